The van der Waals surface area contributed by atoms with E-state index in [9.17, 15) is 44.6 Å². The summed E-state index contributed by atoms with van der Waals surface area (Å²) in [6, 6.07) is 0. The molecule has 6 unspecified atom stereocenters. The van der Waals surface area contributed by atoms with Crippen molar-refractivity contribution in [2.45, 2.75) is 262 Å². The lowest BCUT2D eigenvalue weighted by atomic mass is 9.85. The maximum Gasteiger partial charge on any atom is 0.472 e. The number of aliphatic hydroxyl groups excluding tert-OH is 5. The molecule has 1 aliphatic rings. The van der Waals surface area contributed by atoms with Crippen molar-refractivity contribution < 1.29 is 63.1 Å². The van der Waals surface area contributed by atoms with Crippen molar-refractivity contribution >= 4 is 19.8 Å². The molecule has 0 bridgehead atoms. The predicted molar refractivity (Wildman–Crippen MR) is 249 cm³/mol. The number of unbranched alkanes of at least 4 members (excludes halogenated alkanes) is 26. The van der Waals surface area contributed by atoms with Crippen LogP contribution in [0.2, 0.25) is 0 Å². The zero-order valence-electron chi connectivity index (χ0n) is 39.4. The highest BCUT2D eigenvalue weighted by Crippen LogP contribution is 2.47. The normalized spacial score (nSPS) is 21.8. The van der Waals surface area contributed by atoms with Crippen LogP contribution < -0.4 is 0 Å². The highest BCUT2D eigenvalue weighted by atomic mass is 31.2. The summed E-state index contributed by atoms with van der Waals surface area (Å²) in [6.45, 7) is 3.30. The van der Waals surface area contributed by atoms with Crippen molar-refractivity contribution in [2.24, 2.45) is 0 Å². The van der Waals surface area contributed by atoms with Crippen molar-refractivity contribution in [1.82, 2.24) is 0 Å². The van der Waals surface area contributed by atoms with E-state index in [-0.39, 0.29) is 12.8 Å². The van der Waals surface area contributed by atoms with Gasteiger partial charge in [-0.3, -0.25) is 18.6 Å². The first-order chi connectivity index (χ1) is 30.4. The topological polar surface area (TPSA) is 210 Å². The summed E-state index contributed by atoms with van der Waals surface area (Å²) < 4.78 is 33.6. The van der Waals surface area contributed by atoms with Crippen LogP contribution in [0.15, 0.2) is 24.3 Å². The lowest BCUT2D eigenvalue weighted by molar-refractivity contribution is -0.220. The van der Waals surface area contributed by atoms with Gasteiger partial charge in [-0.25, -0.2) is 4.57 Å². The Morgan fingerprint density at radius 2 is 0.810 bits per heavy atom. The summed E-state index contributed by atoms with van der Waals surface area (Å²) in [5.41, 5.74) is 0. The Morgan fingerprint density at radius 1 is 0.476 bits per heavy atom. The summed E-state index contributed by atoms with van der Waals surface area (Å²) in [5.74, 6) is -1.10. The number of esters is 2. The molecule has 6 N–H and O–H groups in total. The highest BCUT2D eigenvalue weighted by Gasteiger charge is 2.51. The number of hydrogen-bond donors (Lipinski definition) is 6. The molecular formula is C49H91O13P. The first kappa shape index (κ1) is 59.3. The maximum absolute atomic E-state index is 12.8. The molecule has 0 heterocycles. The Hall–Kier alpha value is -1.67. The Morgan fingerprint density at radius 3 is 1.21 bits per heavy atom. The molecule has 0 aromatic carbocycles. The number of aliphatic hydroxyl groups is 5. The van der Waals surface area contributed by atoms with E-state index >= 15 is 0 Å². The van der Waals surface area contributed by atoms with Crippen molar-refractivity contribution in [3.8, 4) is 0 Å². The molecule has 63 heavy (non-hydrogen) atoms. The van der Waals surface area contributed by atoms with Crippen molar-refractivity contribution in [3.05, 3.63) is 24.3 Å². The van der Waals surface area contributed by atoms with Crippen LogP contribution in [0.3, 0.4) is 0 Å². The lowest BCUT2D eigenvalue weighted by Gasteiger charge is -2.41. The smallest absolute Gasteiger partial charge is 0.462 e. The Labute approximate surface area is 381 Å². The van der Waals surface area contributed by atoms with Crippen LogP contribution in [0.4, 0.5) is 0 Å². The SMILES string of the molecule is CCCCCCCC/C=C\CCCCCCCCCCCC(=O)OC(COC(=O)CCCCCCC/C=C\CCCCCCCC)COP(=O)(O)OC1C(O)C(O)C(O)C(O)C1O. The minimum atomic E-state index is -5.12. The molecule has 1 aliphatic carbocycles. The van der Waals surface area contributed by atoms with E-state index in [2.05, 4.69) is 38.2 Å². The second-order valence-electron chi connectivity index (χ2n) is 17.7. The van der Waals surface area contributed by atoms with E-state index in [4.69, 9.17) is 18.5 Å². The first-order valence-corrected chi connectivity index (χ1v) is 26.6. The van der Waals surface area contributed by atoms with E-state index in [0.717, 1.165) is 70.6 Å². The molecule has 0 aromatic heterocycles. The molecule has 13 nitrogen and oxygen atoms in total. The summed E-state index contributed by atoms with van der Waals surface area (Å²) in [4.78, 5) is 35.8. The molecule has 0 aliphatic heterocycles. The number of rotatable bonds is 42. The average Bonchev–Trinajstić information content (AvgIpc) is 3.26. The number of phosphoric acid groups is 1. The first-order valence-electron chi connectivity index (χ1n) is 25.1. The largest absolute Gasteiger partial charge is 0.472 e. The van der Waals surface area contributed by atoms with Gasteiger partial charge in [0.1, 0.15) is 43.2 Å². The van der Waals surface area contributed by atoms with Crippen LogP contribution >= 0.6 is 7.82 Å². The maximum atomic E-state index is 12.8. The fraction of sp³-hybridized carbons (Fsp3) is 0.878. The number of phosphoric ester groups is 1. The molecule has 370 valence electrons. The van der Waals surface area contributed by atoms with Gasteiger partial charge in [0.05, 0.1) is 6.61 Å². The highest BCUT2D eigenvalue weighted by molar-refractivity contribution is 7.47. The Kier molecular flexibility index (Phi) is 37.2. The number of allylic oxidation sites excluding steroid dienone is 4. The second kappa shape index (κ2) is 39.5. The van der Waals surface area contributed by atoms with Crippen LogP contribution in [0.5, 0.6) is 0 Å². The predicted octanol–water partition coefficient (Wildman–Crippen LogP) is 10.4. The number of carbonyl (C=O) groups excluding carboxylic acids is 2. The van der Waals surface area contributed by atoms with E-state index in [0.29, 0.717) is 12.8 Å². The van der Waals surface area contributed by atoms with Crippen LogP contribution in [0, 0.1) is 0 Å². The van der Waals surface area contributed by atoms with Crippen LogP contribution in [-0.4, -0.2) is 98.3 Å². The van der Waals surface area contributed by atoms with E-state index in [1.807, 2.05) is 0 Å². The molecule has 14 heteroatoms. The average molecular weight is 919 g/mol. The van der Waals surface area contributed by atoms with Gasteiger partial charge in [0.2, 0.25) is 0 Å². The molecular weight excluding hydrogens is 828 g/mol. The zero-order chi connectivity index (χ0) is 46.4. The van der Waals surface area contributed by atoms with E-state index in [1.165, 1.54) is 109 Å². The summed E-state index contributed by atoms with van der Waals surface area (Å²) in [7, 11) is -5.12. The van der Waals surface area contributed by atoms with Crippen LogP contribution in [0.25, 0.3) is 0 Å². The fourth-order valence-corrected chi connectivity index (χ4v) is 8.66. The van der Waals surface area contributed by atoms with Gasteiger partial charge in [0.25, 0.3) is 0 Å². The van der Waals surface area contributed by atoms with Gasteiger partial charge in [-0.15, -0.1) is 0 Å². The number of ether oxygens (including phenoxy) is 2. The summed E-state index contributed by atoms with van der Waals surface area (Å²) in [5, 5.41) is 50.2. The Balaban J connectivity index is 2.41. The Bertz CT molecular complexity index is 1200. The van der Waals surface area contributed by atoms with E-state index in [1.54, 1.807) is 0 Å². The van der Waals surface area contributed by atoms with Crippen LogP contribution in [-0.2, 0) is 32.7 Å². The minimum Gasteiger partial charge on any atom is -0.462 e. The fourth-order valence-electron chi connectivity index (χ4n) is 7.69. The summed E-state index contributed by atoms with van der Waals surface area (Å²) >= 11 is 0. The minimum absolute atomic E-state index is 0.0948. The third kappa shape index (κ3) is 31.8. The monoisotopic (exact) mass is 919 g/mol. The second-order valence-corrected chi connectivity index (χ2v) is 19.1. The molecule has 0 amide bonds. The van der Waals surface area contributed by atoms with Crippen molar-refractivity contribution in [1.29, 1.82) is 0 Å². The van der Waals surface area contributed by atoms with Gasteiger partial charge in [-0.2, -0.15) is 0 Å². The molecule has 1 saturated carbocycles. The summed E-state index contributed by atoms with van der Waals surface area (Å²) in [6.07, 6.45) is 30.8. The van der Waals surface area contributed by atoms with Crippen molar-refractivity contribution in [3.63, 3.8) is 0 Å². The molecule has 6 atom stereocenters. The van der Waals surface area contributed by atoms with Crippen molar-refractivity contribution in [2.75, 3.05) is 13.2 Å². The standard InChI is InChI=1S/C49H91O13P/c1-3-5-7-9-11-13-15-17-19-20-21-22-24-26-28-30-32-34-36-38-43(51)61-41(40-60-63(57,58)62-49-47(55)45(53)44(52)46(54)48(49)56)39-59-42(50)37-35-33-31-29-27-25-23-18-16-14-12-10-8-6-4-2/h17-19,23,41,44-49,52-56H,3-16,20-22,24-40H2,1-2H3,(H,57,58)/b19-17-,23-18-. The number of carbonyl (C=O) groups is 2. The lowest BCUT2D eigenvalue weighted by Crippen LogP contribution is -2.64. The zero-order valence-corrected chi connectivity index (χ0v) is 40.3. The number of hydrogen-bond acceptors (Lipinski definition) is 12. The molecule has 0 radical (unpaired) electrons. The van der Waals surface area contributed by atoms with E-state index < -0.39 is 75.7 Å². The molecule has 0 aromatic rings. The molecule has 0 saturated heterocycles. The molecule has 1 fully saturated rings. The van der Waals surface area contributed by atoms with Gasteiger partial charge in [-0.1, -0.05) is 167 Å². The quantitative estimate of drug-likeness (QED) is 0.0146. The molecule has 1 rings (SSSR count). The van der Waals surface area contributed by atoms with Gasteiger partial charge in [0.15, 0.2) is 6.10 Å². The van der Waals surface area contributed by atoms with Gasteiger partial charge >= 0.3 is 19.8 Å². The third-order valence-electron chi connectivity index (χ3n) is 11.8. The van der Waals surface area contributed by atoms with Gasteiger partial charge in [0, 0.05) is 12.8 Å². The molecule has 0 spiro atoms. The third-order valence-corrected chi connectivity index (χ3v) is 12.8. The van der Waals surface area contributed by atoms with Gasteiger partial charge < -0.3 is 39.9 Å². The van der Waals surface area contributed by atoms with Crippen LogP contribution in [0.1, 0.15) is 219 Å². The van der Waals surface area contributed by atoms with Gasteiger partial charge in [-0.05, 0) is 64.2 Å².